The van der Waals surface area contributed by atoms with Crippen molar-refractivity contribution in [2.45, 2.75) is 51.1 Å². The zero-order chi connectivity index (χ0) is 37.0. The summed E-state index contributed by atoms with van der Waals surface area (Å²) in [6.07, 6.45) is 0.978. The maximum Gasteiger partial charge on any atom is 0.401 e. The van der Waals surface area contributed by atoms with Gasteiger partial charge in [-0.2, -0.15) is 13.2 Å². The van der Waals surface area contributed by atoms with E-state index < -0.39 is 36.9 Å². The lowest BCUT2D eigenvalue weighted by Gasteiger charge is -2.40. The summed E-state index contributed by atoms with van der Waals surface area (Å²) in [6.45, 7) is 2.32. The quantitative estimate of drug-likeness (QED) is 0.165. The van der Waals surface area contributed by atoms with Crippen LogP contribution in [0.15, 0.2) is 60.9 Å². The van der Waals surface area contributed by atoms with Crippen LogP contribution in [-0.4, -0.2) is 87.3 Å². The molecule has 14 heteroatoms. The van der Waals surface area contributed by atoms with Crippen molar-refractivity contribution >= 4 is 22.6 Å². The molecule has 2 fully saturated rings. The van der Waals surface area contributed by atoms with Crippen LogP contribution in [0.5, 0.6) is 5.75 Å². The summed E-state index contributed by atoms with van der Waals surface area (Å²) in [5, 5.41) is 11.3. The fraction of sp³-hybridized carbons (Fsp3) is 0.359. The fourth-order valence-corrected chi connectivity index (χ4v) is 7.57. The summed E-state index contributed by atoms with van der Waals surface area (Å²) < 4.78 is 75.6. The maximum atomic E-state index is 15.5. The Morgan fingerprint density at radius 1 is 1.00 bits per heavy atom. The third-order valence-corrected chi connectivity index (χ3v) is 10.4. The number of aromatic amines is 1. The lowest BCUT2D eigenvalue weighted by Crippen LogP contribution is -2.53. The molecule has 5 heterocycles. The molecule has 1 unspecified atom stereocenters. The van der Waals surface area contributed by atoms with Crippen LogP contribution in [0.2, 0.25) is 0 Å². The predicted octanol–water partition coefficient (Wildman–Crippen LogP) is 7.05. The van der Waals surface area contributed by atoms with Gasteiger partial charge >= 0.3 is 6.18 Å². The van der Waals surface area contributed by atoms with Crippen LogP contribution in [0.25, 0.3) is 33.5 Å². The van der Waals surface area contributed by atoms with E-state index in [4.69, 9.17) is 4.74 Å². The number of aliphatic hydroxyl groups is 1. The average molecular weight is 733 g/mol. The molecule has 1 amide bonds. The smallest absolute Gasteiger partial charge is 0.401 e. The van der Waals surface area contributed by atoms with Gasteiger partial charge in [-0.1, -0.05) is 6.07 Å². The first-order valence-corrected chi connectivity index (χ1v) is 17.6. The minimum Gasteiger partial charge on any atom is -0.491 e. The highest BCUT2D eigenvalue weighted by Crippen LogP contribution is 2.44. The first-order valence-electron chi connectivity index (χ1n) is 17.6. The Hall–Kier alpha value is -4.92. The number of rotatable bonds is 8. The van der Waals surface area contributed by atoms with E-state index >= 15 is 8.78 Å². The minimum absolute atomic E-state index is 0.0105. The highest BCUT2D eigenvalue weighted by atomic mass is 19.4. The molecule has 5 aromatic rings. The van der Waals surface area contributed by atoms with Gasteiger partial charge in [0.2, 0.25) is 0 Å². The normalized spacial score (nSPS) is 18.7. The number of fused-ring (bicyclic) bond motifs is 2. The summed E-state index contributed by atoms with van der Waals surface area (Å²) in [4.78, 5) is 31.1. The third-order valence-electron chi connectivity index (χ3n) is 10.4. The lowest BCUT2D eigenvalue weighted by atomic mass is 9.95. The second-order valence-electron chi connectivity index (χ2n) is 14.1. The van der Waals surface area contributed by atoms with Gasteiger partial charge in [-0.05, 0) is 90.4 Å². The van der Waals surface area contributed by atoms with Crippen LogP contribution in [0.4, 0.5) is 27.6 Å². The number of hydrogen-bond donors (Lipinski definition) is 2. The molecule has 53 heavy (non-hydrogen) atoms. The number of H-pyrrole nitrogens is 1. The molecule has 2 N–H and O–H groups in total. The van der Waals surface area contributed by atoms with E-state index in [0.717, 1.165) is 24.0 Å². The predicted molar refractivity (Wildman–Crippen MR) is 189 cm³/mol. The fourth-order valence-electron chi connectivity index (χ4n) is 7.57. The molecule has 1 aliphatic carbocycles. The van der Waals surface area contributed by atoms with E-state index in [1.807, 2.05) is 18.2 Å². The third kappa shape index (κ3) is 7.10. The molecule has 3 aliphatic rings. The molecule has 276 valence electrons. The number of nitrogens with one attached hydrogen (secondary N) is 1. The van der Waals surface area contributed by atoms with Crippen LogP contribution in [0.3, 0.4) is 0 Å². The molecular weight excluding hydrogens is 695 g/mol. The van der Waals surface area contributed by atoms with E-state index in [1.165, 1.54) is 28.0 Å². The SMILES string of the molecule is CC1CN(Cc2ccc(-c3cc4c(-c5cc(F)cc(N6CCOc7cc(C8CC8)cc(F)c7C6=O)c5CO)ccnc4[nH]3)nc2)CCN1CC(F)(F)F. The van der Waals surface area contributed by atoms with Crippen molar-refractivity contribution in [1.29, 1.82) is 0 Å². The number of carbonyl (C=O) groups excluding carboxylic acids is 1. The topological polar surface area (TPSA) is 97.8 Å². The number of piperazine rings is 1. The Morgan fingerprint density at radius 3 is 2.55 bits per heavy atom. The van der Waals surface area contributed by atoms with Crippen molar-refractivity contribution in [3.8, 4) is 28.3 Å². The molecule has 0 bridgehead atoms. The molecule has 1 saturated heterocycles. The first kappa shape index (κ1) is 35.1. The van der Waals surface area contributed by atoms with Crippen molar-refractivity contribution in [3.63, 3.8) is 0 Å². The van der Waals surface area contributed by atoms with Gasteiger partial charge in [0, 0.05) is 55.6 Å². The van der Waals surface area contributed by atoms with E-state index in [-0.39, 0.29) is 47.7 Å². The summed E-state index contributed by atoms with van der Waals surface area (Å²) >= 11 is 0. The second-order valence-corrected chi connectivity index (χ2v) is 14.1. The lowest BCUT2D eigenvalue weighted by molar-refractivity contribution is -0.155. The van der Waals surface area contributed by atoms with Crippen molar-refractivity contribution < 1.29 is 36.6 Å². The number of hydrogen-bond acceptors (Lipinski definition) is 7. The molecular formula is C39H37F5N6O3. The van der Waals surface area contributed by atoms with Gasteiger partial charge in [-0.15, -0.1) is 0 Å². The van der Waals surface area contributed by atoms with Gasteiger partial charge in [0.05, 0.1) is 36.8 Å². The second kappa shape index (κ2) is 13.8. The van der Waals surface area contributed by atoms with Crippen molar-refractivity contribution in [1.82, 2.24) is 24.8 Å². The molecule has 2 aliphatic heterocycles. The van der Waals surface area contributed by atoms with Gasteiger partial charge in [-0.25, -0.2) is 13.8 Å². The van der Waals surface area contributed by atoms with E-state index in [9.17, 15) is 23.1 Å². The number of ether oxygens (including phenoxy) is 1. The Labute approximate surface area is 302 Å². The number of anilines is 1. The Kier molecular flexibility index (Phi) is 9.15. The largest absolute Gasteiger partial charge is 0.491 e. The van der Waals surface area contributed by atoms with Gasteiger partial charge in [0.1, 0.15) is 35.2 Å². The van der Waals surface area contributed by atoms with Gasteiger partial charge in [0.25, 0.3) is 5.91 Å². The molecule has 9 nitrogen and oxygen atoms in total. The minimum atomic E-state index is -4.23. The van der Waals surface area contributed by atoms with Gasteiger partial charge < -0.3 is 19.7 Å². The number of aromatic nitrogens is 3. The van der Waals surface area contributed by atoms with Crippen molar-refractivity contribution in [3.05, 3.63) is 94.8 Å². The van der Waals surface area contributed by atoms with Crippen LogP contribution >= 0.6 is 0 Å². The van der Waals surface area contributed by atoms with E-state index in [2.05, 4.69) is 19.9 Å². The molecule has 0 radical (unpaired) electrons. The van der Waals surface area contributed by atoms with Gasteiger partial charge in [0.15, 0.2) is 0 Å². The molecule has 1 saturated carbocycles. The zero-order valence-electron chi connectivity index (χ0n) is 28.9. The monoisotopic (exact) mass is 732 g/mol. The standard InChI is InChI=1S/C39H37F5N6O3/c1-22-18-48(8-9-49(22)21-39(42,43)44)19-23-2-5-32(46-17-23)33-16-29-27(6-7-45-37(29)47-33)28-14-26(40)15-34(30(28)20-51)50-10-11-53-35-13-25(24-3-4-24)12-31(41)36(35)38(50)52/h2,5-7,12-17,22,24,51H,3-4,8-11,18-21H2,1H3,(H,45,47). The van der Waals surface area contributed by atoms with Crippen LogP contribution in [0, 0.1) is 11.6 Å². The number of carbonyl (C=O) groups is 1. The molecule has 3 aromatic heterocycles. The van der Waals surface area contributed by atoms with Crippen molar-refractivity contribution in [2.75, 3.05) is 44.2 Å². The molecule has 0 spiro atoms. The number of aliphatic hydroxyl groups excluding tert-OH is 1. The zero-order valence-corrected chi connectivity index (χ0v) is 28.9. The summed E-state index contributed by atoms with van der Waals surface area (Å²) in [6, 6.07) is 12.6. The maximum absolute atomic E-state index is 15.5. The van der Waals surface area contributed by atoms with Crippen molar-refractivity contribution in [2.24, 2.45) is 0 Å². The number of benzene rings is 2. The summed E-state index contributed by atoms with van der Waals surface area (Å²) in [5.74, 6) is -1.61. The molecule has 2 aromatic carbocycles. The average Bonchev–Trinajstić information content (AvgIpc) is 3.90. The highest BCUT2D eigenvalue weighted by molar-refractivity contribution is 6.09. The number of amides is 1. The van der Waals surface area contributed by atoms with E-state index in [1.54, 1.807) is 31.5 Å². The number of alkyl halides is 3. The molecule has 8 rings (SSSR count). The Bertz CT molecular complexity index is 2190. The Balaban J connectivity index is 1.06. The summed E-state index contributed by atoms with van der Waals surface area (Å²) in [5.41, 5.74) is 4.52. The van der Waals surface area contributed by atoms with Crippen LogP contribution in [0.1, 0.15) is 52.7 Å². The molecule has 1 atom stereocenters. The van der Waals surface area contributed by atoms with Crippen LogP contribution in [-0.2, 0) is 13.2 Å². The Morgan fingerprint density at radius 2 is 1.83 bits per heavy atom. The van der Waals surface area contributed by atoms with Crippen LogP contribution < -0.4 is 9.64 Å². The highest BCUT2D eigenvalue weighted by Gasteiger charge is 2.36. The number of pyridine rings is 2. The first-order chi connectivity index (χ1) is 25.5. The summed E-state index contributed by atoms with van der Waals surface area (Å²) in [7, 11) is 0. The number of halogens is 5. The van der Waals surface area contributed by atoms with E-state index in [0.29, 0.717) is 59.7 Å². The number of nitrogens with zero attached hydrogens (tertiary/aromatic N) is 5. The van der Waals surface area contributed by atoms with Gasteiger partial charge in [-0.3, -0.25) is 19.6 Å².